The number of phenols is 1. The first-order valence-corrected chi connectivity index (χ1v) is 12.4. The Hall–Kier alpha value is -2.30. The van der Waals surface area contributed by atoms with Crippen LogP contribution in [0.5, 0.6) is 11.5 Å². The lowest BCUT2D eigenvalue weighted by atomic mass is 9.48. The maximum atomic E-state index is 9.60. The van der Waals surface area contributed by atoms with Crippen LogP contribution in [-0.2, 0) is 14.9 Å². The Labute approximate surface area is 197 Å². The minimum atomic E-state index is -0.692. The summed E-state index contributed by atoms with van der Waals surface area (Å²) in [5.74, 6) is 3.75. The first-order chi connectivity index (χ1) is 16.0. The highest BCUT2D eigenvalue weighted by Crippen LogP contribution is 2.62. The Morgan fingerprint density at radius 2 is 1.67 bits per heavy atom. The van der Waals surface area contributed by atoms with Crippen LogP contribution in [0.25, 0.3) is 11.6 Å². The fraction of sp³-hybridized carbons (Fsp3) is 0.517. The Morgan fingerprint density at radius 3 is 2.24 bits per heavy atom. The molecule has 33 heavy (non-hydrogen) atoms. The highest BCUT2D eigenvalue weighted by atomic mass is 16.8. The van der Waals surface area contributed by atoms with Crippen LogP contribution in [0.15, 0.2) is 42.5 Å². The van der Waals surface area contributed by atoms with Gasteiger partial charge in [-0.15, -0.1) is 0 Å². The largest absolute Gasteiger partial charge is 0.508 e. The van der Waals surface area contributed by atoms with Gasteiger partial charge in [0.15, 0.2) is 0 Å². The van der Waals surface area contributed by atoms with Gasteiger partial charge in [-0.2, -0.15) is 0 Å². The number of rotatable bonds is 8. The van der Waals surface area contributed by atoms with Crippen LogP contribution in [-0.4, -0.2) is 25.3 Å². The molecule has 1 unspecified atom stereocenters. The van der Waals surface area contributed by atoms with E-state index in [9.17, 15) is 5.11 Å². The molecule has 0 aromatic heterocycles. The second-order valence-corrected chi connectivity index (χ2v) is 10.4. The Morgan fingerprint density at radius 1 is 1.03 bits per heavy atom. The van der Waals surface area contributed by atoms with Gasteiger partial charge < -0.3 is 19.3 Å². The first-order valence-electron chi connectivity index (χ1n) is 12.4. The number of aromatic hydroxyl groups is 1. The molecule has 6 rings (SSSR count). The van der Waals surface area contributed by atoms with Gasteiger partial charge in [-0.25, -0.2) is 0 Å². The molecule has 0 amide bonds. The molecule has 4 aliphatic carbocycles. The fourth-order valence-electron chi connectivity index (χ4n) is 7.03. The van der Waals surface area contributed by atoms with E-state index in [0.717, 1.165) is 29.1 Å². The van der Waals surface area contributed by atoms with E-state index < -0.39 is 6.48 Å². The number of phenolic OH excluding ortho intramolecular Hbond substituents is 1. The molecule has 0 spiro atoms. The van der Waals surface area contributed by atoms with Gasteiger partial charge in [-0.3, -0.25) is 0 Å². The Bertz CT molecular complexity index is 971. The van der Waals surface area contributed by atoms with Crippen molar-refractivity contribution in [1.29, 1.82) is 0 Å². The predicted octanol–water partition coefficient (Wildman–Crippen LogP) is 6.77. The van der Waals surface area contributed by atoms with Crippen molar-refractivity contribution in [3.63, 3.8) is 0 Å². The van der Waals surface area contributed by atoms with Gasteiger partial charge in [-0.1, -0.05) is 24.3 Å². The van der Waals surface area contributed by atoms with Gasteiger partial charge in [0.25, 0.3) is 0 Å². The molecule has 4 heteroatoms. The minimum absolute atomic E-state index is 0.198. The Kier molecular flexibility index (Phi) is 6.24. The molecule has 176 valence electrons. The minimum Gasteiger partial charge on any atom is -0.508 e. The zero-order valence-electron chi connectivity index (χ0n) is 20.0. The average Bonchev–Trinajstić information content (AvgIpc) is 2.79. The molecule has 1 atom stereocenters. The normalized spacial score (nSPS) is 29.3. The zero-order chi connectivity index (χ0) is 23.0. The van der Waals surface area contributed by atoms with Crippen molar-refractivity contribution in [3.05, 3.63) is 59.2 Å². The summed E-state index contributed by atoms with van der Waals surface area (Å²) in [5.41, 5.74) is 5.03. The topological polar surface area (TPSA) is 47.9 Å². The lowest BCUT2D eigenvalue weighted by Gasteiger charge is -2.57. The van der Waals surface area contributed by atoms with E-state index in [1.165, 1.54) is 55.2 Å². The van der Waals surface area contributed by atoms with Gasteiger partial charge in [0, 0.05) is 12.7 Å². The summed E-state index contributed by atoms with van der Waals surface area (Å²) in [6, 6.07) is 14.0. The molecule has 2 aromatic rings. The van der Waals surface area contributed by atoms with Gasteiger partial charge in [0.1, 0.15) is 11.5 Å². The van der Waals surface area contributed by atoms with Gasteiger partial charge >= 0.3 is 6.48 Å². The summed E-state index contributed by atoms with van der Waals surface area (Å²) >= 11 is 0. The summed E-state index contributed by atoms with van der Waals surface area (Å²) < 4.78 is 17.4. The van der Waals surface area contributed by atoms with Crippen molar-refractivity contribution in [2.75, 3.05) is 13.7 Å². The van der Waals surface area contributed by atoms with Crippen LogP contribution < -0.4 is 4.74 Å². The quantitative estimate of drug-likeness (QED) is 0.358. The Balaban J connectivity index is 1.53. The third-order valence-electron chi connectivity index (χ3n) is 8.04. The lowest BCUT2D eigenvalue weighted by Crippen LogP contribution is -2.48. The summed E-state index contributed by atoms with van der Waals surface area (Å²) in [6.07, 6.45) is 10.2. The summed E-state index contributed by atoms with van der Waals surface area (Å²) in [7, 11) is 1.63. The number of hydrogen-bond donors (Lipinski definition) is 1. The van der Waals surface area contributed by atoms with Gasteiger partial charge in [-0.05, 0) is 117 Å². The monoisotopic (exact) mass is 448 g/mol. The summed E-state index contributed by atoms with van der Waals surface area (Å²) in [6.45, 7) is 3.96. The van der Waals surface area contributed by atoms with Crippen molar-refractivity contribution < 1.29 is 19.3 Å². The van der Waals surface area contributed by atoms with Crippen molar-refractivity contribution in [3.8, 4) is 11.5 Å². The van der Waals surface area contributed by atoms with Crippen LogP contribution >= 0.6 is 0 Å². The maximum absolute atomic E-state index is 9.60. The molecule has 4 fully saturated rings. The van der Waals surface area contributed by atoms with Crippen LogP contribution in [0, 0.1) is 17.8 Å². The summed E-state index contributed by atoms with van der Waals surface area (Å²) in [4.78, 5) is 0. The summed E-state index contributed by atoms with van der Waals surface area (Å²) in [5, 5.41) is 9.60. The number of allylic oxidation sites excluding steroid dienone is 1. The van der Waals surface area contributed by atoms with Crippen molar-refractivity contribution in [2.24, 2.45) is 17.8 Å². The van der Waals surface area contributed by atoms with Gasteiger partial charge in [0.2, 0.25) is 0 Å². The molecular formula is C29H36O4. The standard InChI is InChI=1S/C29H36O4/c1-4-32-28(31-3)33-27-10-7-24(19(2)11-20-5-8-25(30)9-6-20)15-26(27)29-16-21-12-22(17-29)14-23(13-21)18-29/h5-11,15,21-23,28,30H,4,12-14,16-18H2,1-3H3/b19-11+. The number of hydrogen-bond acceptors (Lipinski definition) is 4. The number of methoxy groups -OCH3 is 1. The molecule has 4 aliphatic rings. The van der Waals surface area contributed by atoms with E-state index in [1.807, 2.05) is 19.1 Å². The zero-order valence-corrected chi connectivity index (χ0v) is 20.0. The van der Waals surface area contributed by atoms with E-state index in [2.05, 4.69) is 31.2 Å². The van der Waals surface area contributed by atoms with Crippen molar-refractivity contribution >= 4 is 11.6 Å². The highest BCUT2D eigenvalue weighted by Gasteiger charge is 2.52. The van der Waals surface area contributed by atoms with E-state index in [4.69, 9.17) is 14.2 Å². The third-order valence-corrected chi connectivity index (χ3v) is 8.04. The molecule has 4 bridgehead atoms. The molecule has 0 heterocycles. The number of ether oxygens (including phenoxy) is 3. The first kappa shape index (κ1) is 22.5. The lowest BCUT2D eigenvalue weighted by molar-refractivity contribution is -0.231. The van der Waals surface area contributed by atoms with Gasteiger partial charge in [0.05, 0.1) is 6.61 Å². The van der Waals surface area contributed by atoms with E-state index in [1.54, 1.807) is 19.2 Å². The van der Waals surface area contributed by atoms with E-state index in [0.29, 0.717) is 6.61 Å². The molecule has 1 N–H and O–H groups in total. The van der Waals surface area contributed by atoms with E-state index in [-0.39, 0.29) is 11.2 Å². The predicted molar refractivity (Wildman–Crippen MR) is 131 cm³/mol. The average molecular weight is 449 g/mol. The smallest absolute Gasteiger partial charge is 0.315 e. The van der Waals surface area contributed by atoms with Crippen LogP contribution in [0.2, 0.25) is 0 Å². The highest BCUT2D eigenvalue weighted by molar-refractivity contribution is 5.81. The molecule has 2 aromatic carbocycles. The van der Waals surface area contributed by atoms with Crippen LogP contribution in [0.3, 0.4) is 0 Å². The molecule has 4 nitrogen and oxygen atoms in total. The van der Waals surface area contributed by atoms with Crippen LogP contribution in [0.1, 0.15) is 69.1 Å². The third kappa shape index (κ3) is 4.56. The number of benzene rings is 2. The maximum Gasteiger partial charge on any atom is 0.315 e. The molecule has 0 radical (unpaired) electrons. The van der Waals surface area contributed by atoms with Crippen LogP contribution in [0.4, 0.5) is 0 Å². The van der Waals surface area contributed by atoms with Crippen molar-refractivity contribution in [2.45, 2.75) is 64.3 Å². The second-order valence-electron chi connectivity index (χ2n) is 10.4. The second kappa shape index (κ2) is 9.15. The SMILES string of the molecule is CCOC(OC)Oc1ccc(/C(C)=C/c2ccc(O)cc2)cc1C12CC3CC(CC(C3)C1)C2. The van der Waals surface area contributed by atoms with E-state index >= 15 is 0 Å². The fourth-order valence-corrected chi connectivity index (χ4v) is 7.03. The molecule has 0 saturated heterocycles. The molecule has 4 saturated carbocycles. The van der Waals surface area contributed by atoms with Crippen molar-refractivity contribution in [1.82, 2.24) is 0 Å². The molecule has 0 aliphatic heterocycles. The molecular weight excluding hydrogens is 412 g/mol.